The Morgan fingerprint density at radius 1 is 1.29 bits per heavy atom. The van der Waals surface area contributed by atoms with Crippen LogP contribution in [0.1, 0.15) is 0 Å². The molecule has 2 rings (SSSR count). The quantitative estimate of drug-likeness (QED) is 0.922. The molecule has 0 bridgehead atoms. The van der Waals surface area contributed by atoms with Gasteiger partial charge in [-0.15, -0.1) is 0 Å². The van der Waals surface area contributed by atoms with E-state index in [0.717, 1.165) is 19.6 Å². The Morgan fingerprint density at radius 3 is 2.62 bits per heavy atom. The molecule has 116 valence electrons. The molecule has 2 amide bonds. The molecule has 5 nitrogen and oxygen atoms in total. The molecule has 1 fully saturated rings. The highest BCUT2D eigenvalue weighted by atomic mass is 35.5. The summed E-state index contributed by atoms with van der Waals surface area (Å²) in [4.78, 5) is 16.3. The zero-order valence-electron chi connectivity index (χ0n) is 11.9. The molecule has 0 radical (unpaired) electrons. The summed E-state index contributed by atoms with van der Waals surface area (Å²) in [6.07, 6.45) is 0. The number of amides is 2. The maximum Gasteiger partial charge on any atom is 0.321 e. The second kappa shape index (κ2) is 7.84. The summed E-state index contributed by atoms with van der Waals surface area (Å²) in [6.45, 7) is 4.71. The van der Waals surface area contributed by atoms with Crippen molar-refractivity contribution in [3.8, 4) is 0 Å². The number of piperazine rings is 1. The number of anilines is 1. The molecule has 0 spiro atoms. The molecule has 1 saturated heterocycles. The van der Waals surface area contributed by atoms with Crippen molar-refractivity contribution in [2.24, 2.45) is 0 Å². The number of methoxy groups -OCH3 is 1. The number of rotatable bonds is 4. The van der Waals surface area contributed by atoms with Crippen LogP contribution in [0.3, 0.4) is 0 Å². The van der Waals surface area contributed by atoms with E-state index in [2.05, 4.69) is 10.2 Å². The smallest absolute Gasteiger partial charge is 0.321 e. The van der Waals surface area contributed by atoms with Crippen LogP contribution in [-0.4, -0.2) is 62.3 Å². The fourth-order valence-electron chi connectivity index (χ4n) is 2.18. The predicted molar refractivity (Wildman–Crippen MR) is 85.4 cm³/mol. The van der Waals surface area contributed by atoms with Gasteiger partial charge in [-0.3, -0.25) is 4.90 Å². The molecule has 0 aromatic heterocycles. The van der Waals surface area contributed by atoms with Gasteiger partial charge >= 0.3 is 6.03 Å². The van der Waals surface area contributed by atoms with E-state index in [1.54, 1.807) is 30.2 Å². The van der Waals surface area contributed by atoms with Crippen molar-refractivity contribution in [1.29, 1.82) is 0 Å². The van der Waals surface area contributed by atoms with E-state index >= 15 is 0 Å². The molecular weight excluding hydrogens is 313 g/mol. The maximum atomic E-state index is 12.2. The summed E-state index contributed by atoms with van der Waals surface area (Å²) < 4.78 is 5.06. The number of benzene rings is 1. The van der Waals surface area contributed by atoms with Crippen LogP contribution in [0.5, 0.6) is 0 Å². The number of nitrogens with zero attached hydrogens (tertiary/aromatic N) is 2. The molecule has 21 heavy (non-hydrogen) atoms. The molecule has 1 aromatic carbocycles. The van der Waals surface area contributed by atoms with Gasteiger partial charge in [-0.2, -0.15) is 0 Å². The summed E-state index contributed by atoms with van der Waals surface area (Å²) in [5.41, 5.74) is 0.577. The third kappa shape index (κ3) is 4.74. The Bertz CT molecular complexity index is 491. The van der Waals surface area contributed by atoms with Crippen LogP contribution in [0.15, 0.2) is 18.2 Å². The lowest BCUT2D eigenvalue weighted by Gasteiger charge is -2.34. The molecule has 0 atom stereocenters. The van der Waals surface area contributed by atoms with E-state index in [4.69, 9.17) is 27.9 Å². The second-order valence-corrected chi connectivity index (χ2v) is 5.72. The van der Waals surface area contributed by atoms with Crippen molar-refractivity contribution < 1.29 is 9.53 Å². The summed E-state index contributed by atoms with van der Waals surface area (Å²) in [6, 6.07) is 4.88. The van der Waals surface area contributed by atoms with Gasteiger partial charge in [-0.1, -0.05) is 23.2 Å². The first kappa shape index (κ1) is 16.4. The molecule has 1 N–H and O–H groups in total. The van der Waals surface area contributed by atoms with Gasteiger partial charge in [0.1, 0.15) is 0 Å². The molecule has 1 aliphatic heterocycles. The van der Waals surface area contributed by atoms with Gasteiger partial charge in [0.05, 0.1) is 17.3 Å². The Morgan fingerprint density at radius 2 is 2.00 bits per heavy atom. The summed E-state index contributed by atoms with van der Waals surface area (Å²) in [5.74, 6) is 0. The van der Waals surface area contributed by atoms with Gasteiger partial charge in [-0.25, -0.2) is 4.79 Å². The van der Waals surface area contributed by atoms with Gasteiger partial charge < -0.3 is 15.0 Å². The Kier molecular flexibility index (Phi) is 6.11. The zero-order chi connectivity index (χ0) is 15.2. The lowest BCUT2D eigenvalue weighted by atomic mass is 10.3. The monoisotopic (exact) mass is 331 g/mol. The van der Waals surface area contributed by atoms with Crippen LogP contribution in [-0.2, 0) is 4.74 Å². The first-order chi connectivity index (χ1) is 10.1. The van der Waals surface area contributed by atoms with Crippen LogP contribution >= 0.6 is 23.2 Å². The minimum Gasteiger partial charge on any atom is -0.383 e. The zero-order valence-corrected chi connectivity index (χ0v) is 13.5. The third-order valence-corrected chi connectivity index (χ3v) is 3.99. The van der Waals surface area contributed by atoms with Crippen molar-refractivity contribution in [3.05, 3.63) is 28.2 Å². The van der Waals surface area contributed by atoms with Crippen molar-refractivity contribution >= 4 is 34.9 Å². The highest BCUT2D eigenvalue weighted by Crippen LogP contribution is 2.25. The van der Waals surface area contributed by atoms with Crippen molar-refractivity contribution in [2.45, 2.75) is 0 Å². The number of nitrogens with one attached hydrogen (secondary N) is 1. The van der Waals surface area contributed by atoms with E-state index in [1.165, 1.54) is 0 Å². The number of ether oxygens (including phenoxy) is 1. The van der Waals surface area contributed by atoms with Gasteiger partial charge in [0.25, 0.3) is 0 Å². The van der Waals surface area contributed by atoms with E-state index in [-0.39, 0.29) is 6.03 Å². The molecule has 7 heteroatoms. The number of hydrogen-bond acceptors (Lipinski definition) is 3. The lowest BCUT2D eigenvalue weighted by Crippen LogP contribution is -2.50. The molecule has 1 aromatic rings. The average molecular weight is 332 g/mol. The largest absolute Gasteiger partial charge is 0.383 e. The lowest BCUT2D eigenvalue weighted by molar-refractivity contribution is 0.109. The SMILES string of the molecule is COCCN1CCN(C(=O)Nc2ccc(Cl)cc2Cl)CC1. The molecule has 0 unspecified atom stereocenters. The maximum absolute atomic E-state index is 12.2. The van der Waals surface area contributed by atoms with Crippen LogP contribution in [0.4, 0.5) is 10.5 Å². The highest BCUT2D eigenvalue weighted by Gasteiger charge is 2.21. The fraction of sp³-hybridized carbons (Fsp3) is 0.500. The van der Waals surface area contributed by atoms with Crippen LogP contribution in [0.2, 0.25) is 10.0 Å². The molecule has 1 heterocycles. The highest BCUT2D eigenvalue weighted by molar-refractivity contribution is 6.36. The number of urea groups is 1. The minimum atomic E-state index is -0.134. The summed E-state index contributed by atoms with van der Waals surface area (Å²) in [5, 5.41) is 3.80. The van der Waals surface area contributed by atoms with E-state index in [0.29, 0.717) is 35.4 Å². The fourth-order valence-corrected chi connectivity index (χ4v) is 2.64. The van der Waals surface area contributed by atoms with Crippen LogP contribution in [0.25, 0.3) is 0 Å². The van der Waals surface area contributed by atoms with Gasteiger partial charge in [0, 0.05) is 44.9 Å². The summed E-state index contributed by atoms with van der Waals surface area (Å²) >= 11 is 11.9. The van der Waals surface area contributed by atoms with E-state index < -0.39 is 0 Å². The van der Waals surface area contributed by atoms with Gasteiger partial charge in [0.15, 0.2) is 0 Å². The Labute approximate surface area is 134 Å². The number of carbonyl (C=O) groups excluding carboxylic acids is 1. The standard InChI is InChI=1S/C14H19Cl2N3O2/c1-21-9-8-18-4-6-19(7-5-18)14(20)17-13-3-2-11(15)10-12(13)16/h2-3,10H,4-9H2,1H3,(H,17,20). The van der Waals surface area contributed by atoms with Crippen molar-refractivity contribution in [2.75, 3.05) is 51.8 Å². The first-order valence-corrected chi connectivity index (χ1v) is 7.58. The molecule has 1 aliphatic rings. The van der Waals surface area contributed by atoms with Gasteiger partial charge in [-0.05, 0) is 18.2 Å². The van der Waals surface area contributed by atoms with Crippen LogP contribution in [0, 0.1) is 0 Å². The number of hydrogen-bond donors (Lipinski definition) is 1. The van der Waals surface area contributed by atoms with E-state index in [1.807, 2.05) is 0 Å². The topological polar surface area (TPSA) is 44.8 Å². The van der Waals surface area contributed by atoms with Gasteiger partial charge in [0.2, 0.25) is 0 Å². The van der Waals surface area contributed by atoms with Crippen LogP contribution < -0.4 is 5.32 Å². The van der Waals surface area contributed by atoms with Crippen molar-refractivity contribution in [1.82, 2.24) is 9.80 Å². The second-order valence-electron chi connectivity index (χ2n) is 4.88. The van der Waals surface area contributed by atoms with Crippen molar-refractivity contribution in [3.63, 3.8) is 0 Å². The summed E-state index contributed by atoms with van der Waals surface area (Å²) in [7, 11) is 1.69. The third-order valence-electron chi connectivity index (χ3n) is 3.44. The number of carbonyl (C=O) groups is 1. The average Bonchev–Trinajstić information content (AvgIpc) is 2.48. The Hall–Kier alpha value is -1.01. The number of halogens is 2. The molecular formula is C14H19Cl2N3O2. The van der Waals surface area contributed by atoms with E-state index in [9.17, 15) is 4.79 Å². The first-order valence-electron chi connectivity index (χ1n) is 6.82. The molecule has 0 saturated carbocycles. The normalized spacial score (nSPS) is 16.0. The molecule has 0 aliphatic carbocycles. The minimum absolute atomic E-state index is 0.134. The Balaban J connectivity index is 1.84. The predicted octanol–water partition coefficient (Wildman–Crippen LogP) is 2.79.